The van der Waals surface area contributed by atoms with Gasteiger partial charge in [0.1, 0.15) is 0 Å². The highest BCUT2D eigenvalue weighted by atomic mass is 35.5. The Morgan fingerprint density at radius 2 is 1.32 bits per heavy atom. The summed E-state index contributed by atoms with van der Waals surface area (Å²) in [4.78, 5) is 13.3. The maximum Gasteiger partial charge on any atom is 0.418 e. The van der Waals surface area contributed by atoms with Gasteiger partial charge in [0.2, 0.25) is 5.56 Å². The van der Waals surface area contributed by atoms with E-state index in [1.807, 2.05) is 4.98 Å². The number of nitrogens with one attached hydrogen (secondary N) is 1. The monoisotopic (exact) mass is 409 g/mol. The molecule has 1 aromatic heterocycles. The number of aromatic nitrogens is 1. The highest BCUT2D eigenvalue weighted by molar-refractivity contribution is 6.56. The van der Waals surface area contributed by atoms with Gasteiger partial charge in [-0.2, -0.15) is 13.2 Å². The van der Waals surface area contributed by atoms with Crippen molar-refractivity contribution < 1.29 is 13.2 Å². The zero-order valence-corrected chi connectivity index (χ0v) is 13.9. The van der Waals surface area contributed by atoms with E-state index in [0.29, 0.717) is 12.3 Å². The predicted octanol–water partition coefficient (Wildman–Crippen LogP) is 6.33. The topological polar surface area (TPSA) is 32.9 Å². The van der Waals surface area contributed by atoms with E-state index in [0.717, 1.165) is 0 Å². The summed E-state index contributed by atoms with van der Waals surface area (Å²) in [6.07, 6.45) is -4.24. The van der Waals surface area contributed by atoms with E-state index >= 15 is 0 Å². The maximum atomic E-state index is 13.1. The highest BCUT2D eigenvalue weighted by Gasteiger charge is 2.36. The SMILES string of the molecule is O=c1cc(-c2c(Cl)c(Cl)c(Cl)c(Cl)c2Cl)c(C(F)(F)F)c[nH]1. The fourth-order valence-electron chi connectivity index (χ4n) is 1.75. The molecule has 0 unspecified atom stereocenters. The van der Waals surface area contributed by atoms with Gasteiger partial charge < -0.3 is 4.98 Å². The third kappa shape index (κ3) is 3.05. The molecule has 0 aliphatic carbocycles. The minimum atomic E-state index is -4.76. The van der Waals surface area contributed by atoms with Crippen LogP contribution in [0.4, 0.5) is 13.2 Å². The number of alkyl halides is 3. The maximum absolute atomic E-state index is 13.1. The summed E-state index contributed by atoms with van der Waals surface area (Å²) in [6, 6.07) is 0.705. The molecule has 2 rings (SSSR count). The summed E-state index contributed by atoms with van der Waals surface area (Å²) < 4.78 is 39.3. The second kappa shape index (κ2) is 6.13. The first-order valence-electron chi connectivity index (χ1n) is 5.37. The van der Waals surface area contributed by atoms with Crippen molar-refractivity contribution in [1.29, 1.82) is 0 Å². The van der Waals surface area contributed by atoms with Crippen LogP contribution in [0.2, 0.25) is 25.1 Å². The van der Waals surface area contributed by atoms with E-state index in [2.05, 4.69) is 0 Å². The molecule has 2 nitrogen and oxygen atoms in total. The molecule has 0 radical (unpaired) electrons. The lowest BCUT2D eigenvalue weighted by Gasteiger charge is -2.16. The van der Waals surface area contributed by atoms with Crippen molar-refractivity contribution in [3.05, 3.63) is 53.3 Å². The number of aromatic amines is 1. The van der Waals surface area contributed by atoms with Crippen LogP contribution in [-0.4, -0.2) is 4.98 Å². The van der Waals surface area contributed by atoms with Crippen molar-refractivity contribution in [2.45, 2.75) is 6.18 Å². The second-order valence-corrected chi connectivity index (χ2v) is 5.96. The Morgan fingerprint density at radius 3 is 1.77 bits per heavy atom. The van der Waals surface area contributed by atoms with Gasteiger partial charge in [0, 0.05) is 23.4 Å². The van der Waals surface area contributed by atoms with Crippen LogP contribution < -0.4 is 5.56 Å². The fraction of sp³-hybridized carbons (Fsp3) is 0.0833. The normalized spacial score (nSPS) is 11.8. The Hall–Kier alpha value is -0.590. The Labute approximate surface area is 146 Å². The van der Waals surface area contributed by atoms with Gasteiger partial charge in [0.15, 0.2) is 0 Å². The fourth-order valence-corrected chi connectivity index (χ4v) is 3.10. The molecule has 0 spiro atoms. The molecule has 0 saturated carbocycles. The number of H-pyrrole nitrogens is 1. The van der Waals surface area contributed by atoms with Crippen molar-refractivity contribution >= 4 is 58.0 Å². The van der Waals surface area contributed by atoms with Gasteiger partial charge in [-0.3, -0.25) is 4.79 Å². The zero-order chi connectivity index (χ0) is 16.8. The largest absolute Gasteiger partial charge is 0.418 e. The average molecular weight is 411 g/mol. The molecule has 10 heteroatoms. The molecular formula is C12H3Cl5F3NO. The van der Waals surface area contributed by atoms with Crippen LogP contribution in [0.15, 0.2) is 17.1 Å². The van der Waals surface area contributed by atoms with Crippen molar-refractivity contribution in [3.63, 3.8) is 0 Å². The quantitative estimate of drug-likeness (QED) is 0.432. The minimum absolute atomic E-state index is 0.194. The third-order valence-electron chi connectivity index (χ3n) is 2.71. The lowest BCUT2D eigenvalue weighted by Crippen LogP contribution is -2.14. The van der Waals surface area contributed by atoms with Crippen LogP contribution in [0.1, 0.15) is 5.56 Å². The Bertz CT molecular complexity index is 787. The van der Waals surface area contributed by atoms with Crippen molar-refractivity contribution in [3.8, 4) is 11.1 Å². The summed E-state index contributed by atoms with van der Waals surface area (Å²) in [6.45, 7) is 0. The lowest BCUT2D eigenvalue weighted by atomic mass is 10.0. The van der Waals surface area contributed by atoms with E-state index in [-0.39, 0.29) is 30.7 Å². The van der Waals surface area contributed by atoms with Crippen LogP contribution >= 0.6 is 58.0 Å². The number of benzene rings is 1. The molecule has 0 atom stereocenters. The van der Waals surface area contributed by atoms with Crippen LogP contribution in [0.3, 0.4) is 0 Å². The number of halogens is 8. The van der Waals surface area contributed by atoms with E-state index in [1.54, 1.807) is 0 Å². The molecule has 0 aliphatic heterocycles. The lowest BCUT2D eigenvalue weighted by molar-refractivity contribution is -0.137. The average Bonchev–Trinajstić information content (AvgIpc) is 2.42. The zero-order valence-electron chi connectivity index (χ0n) is 10.1. The van der Waals surface area contributed by atoms with Gasteiger partial charge >= 0.3 is 6.18 Å². The minimum Gasteiger partial charge on any atom is -0.328 e. The van der Waals surface area contributed by atoms with Crippen molar-refractivity contribution in [2.24, 2.45) is 0 Å². The van der Waals surface area contributed by atoms with Crippen LogP contribution in [0.25, 0.3) is 11.1 Å². The third-order valence-corrected chi connectivity index (χ3v) is 4.99. The molecule has 2 aromatic rings. The molecule has 0 fully saturated rings. The number of hydrogen-bond acceptors (Lipinski definition) is 1. The molecule has 0 aliphatic rings. The van der Waals surface area contributed by atoms with Crippen molar-refractivity contribution in [1.82, 2.24) is 4.98 Å². The number of hydrogen-bond donors (Lipinski definition) is 1. The first kappa shape index (κ1) is 17.8. The molecule has 0 saturated heterocycles. The Balaban J connectivity index is 2.95. The van der Waals surface area contributed by atoms with Crippen LogP contribution in [-0.2, 0) is 6.18 Å². The van der Waals surface area contributed by atoms with E-state index < -0.39 is 22.9 Å². The molecule has 22 heavy (non-hydrogen) atoms. The summed E-state index contributed by atoms with van der Waals surface area (Å²) >= 11 is 29.4. The summed E-state index contributed by atoms with van der Waals surface area (Å²) in [5.41, 5.74) is -2.80. The first-order chi connectivity index (χ1) is 10.1. The first-order valence-corrected chi connectivity index (χ1v) is 7.26. The molecule has 1 aromatic carbocycles. The number of rotatable bonds is 1. The molecule has 1 N–H and O–H groups in total. The van der Waals surface area contributed by atoms with Gasteiger partial charge in [0.05, 0.1) is 30.7 Å². The van der Waals surface area contributed by atoms with Gasteiger partial charge in [-0.15, -0.1) is 0 Å². The standard InChI is InChI=1S/C12H3Cl5F3NO/c13-7-6(8(14)10(16)11(17)9(7)15)3-1-5(22)21-2-4(3)12(18,19)20/h1-2H,(H,21,22). The Morgan fingerprint density at radius 1 is 0.864 bits per heavy atom. The van der Waals surface area contributed by atoms with Crippen molar-refractivity contribution in [2.75, 3.05) is 0 Å². The molecular weight excluding hydrogens is 408 g/mol. The smallest absolute Gasteiger partial charge is 0.328 e. The molecule has 1 heterocycles. The Kier molecular flexibility index (Phi) is 4.95. The van der Waals surface area contributed by atoms with E-state index in [9.17, 15) is 18.0 Å². The summed E-state index contributed by atoms with van der Waals surface area (Å²) in [7, 11) is 0. The number of pyridine rings is 1. The molecule has 0 amide bonds. The second-order valence-electron chi connectivity index (χ2n) is 4.07. The van der Waals surface area contributed by atoms with Gasteiger partial charge in [0.25, 0.3) is 0 Å². The van der Waals surface area contributed by atoms with Gasteiger partial charge in [-0.05, 0) is 0 Å². The predicted molar refractivity (Wildman–Crippen MR) is 82.6 cm³/mol. The van der Waals surface area contributed by atoms with Gasteiger partial charge in [-0.25, -0.2) is 0 Å². The van der Waals surface area contributed by atoms with Crippen LogP contribution in [0, 0.1) is 0 Å². The summed E-state index contributed by atoms with van der Waals surface area (Å²) in [5, 5.41) is -1.39. The highest BCUT2D eigenvalue weighted by Crippen LogP contribution is 2.50. The van der Waals surface area contributed by atoms with Gasteiger partial charge in [-0.1, -0.05) is 58.0 Å². The van der Waals surface area contributed by atoms with E-state index in [4.69, 9.17) is 58.0 Å². The molecule has 118 valence electrons. The van der Waals surface area contributed by atoms with E-state index in [1.165, 1.54) is 0 Å². The summed E-state index contributed by atoms with van der Waals surface area (Å²) in [5.74, 6) is 0. The van der Waals surface area contributed by atoms with Crippen LogP contribution in [0.5, 0.6) is 0 Å². The molecule has 0 bridgehead atoms.